The van der Waals surface area contributed by atoms with E-state index in [1.807, 2.05) is 11.6 Å². The Bertz CT molecular complexity index is 1340. The van der Waals surface area contributed by atoms with Gasteiger partial charge in [0, 0.05) is 25.1 Å². The van der Waals surface area contributed by atoms with Crippen molar-refractivity contribution in [3.8, 4) is 0 Å². The second-order valence-corrected chi connectivity index (χ2v) is 10.0. The zero-order chi connectivity index (χ0) is 26.0. The lowest BCUT2D eigenvalue weighted by Gasteiger charge is -2.23. The van der Waals surface area contributed by atoms with Crippen molar-refractivity contribution in [2.24, 2.45) is 0 Å². The van der Waals surface area contributed by atoms with Crippen molar-refractivity contribution in [2.45, 2.75) is 71.8 Å². The molecule has 10 nitrogen and oxygen atoms in total. The summed E-state index contributed by atoms with van der Waals surface area (Å²) < 4.78 is 19.6. The number of fused-ring (bicyclic) bond motifs is 3. The largest absolute Gasteiger partial charge is 0.465 e. The molecule has 1 saturated heterocycles. The smallest absolute Gasteiger partial charge is 0.407 e. The molecule has 4 rings (SSSR count). The third-order valence-corrected chi connectivity index (χ3v) is 6.23. The van der Waals surface area contributed by atoms with Crippen LogP contribution in [0.4, 0.5) is 4.79 Å². The predicted octanol–water partition coefficient (Wildman–Crippen LogP) is 4.06. The molecule has 1 fully saturated rings. The molecular formula is C26H34N4O6. The van der Waals surface area contributed by atoms with Gasteiger partial charge in [0.2, 0.25) is 0 Å². The molecule has 1 aromatic carbocycles. The Morgan fingerprint density at radius 3 is 2.69 bits per heavy atom. The molecule has 194 valence electrons. The molecular weight excluding hydrogens is 464 g/mol. The van der Waals surface area contributed by atoms with Crippen LogP contribution in [-0.4, -0.2) is 52.3 Å². The van der Waals surface area contributed by atoms with Gasteiger partial charge in [-0.1, -0.05) is 0 Å². The summed E-state index contributed by atoms with van der Waals surface area (Å²) in [5.74, 6) is -0.486. The summed E-state index contributed by atoms with van der Waals surface area (Å²) in [5.41, 5.74) is 1.48. The van der Waals surface area contributed by atoms with E-state index in [4.69, 9.17) is 19.3 Å². The van der Waals surface area contributed by atoms with Crippen LogP contribution in [0.1, 0.15) is 68.7 Å². The van der Waals surface area contributed by atoms with E-state index in [-0.39, 0.29) is 11.8 Å². The average molecular weight is 499 g/mol. The Morgan fingerprint density at radius 2 is 2.03 bits per heavy atom. The number of rotatable bonds is 6. The third kappa shape index (κ3) is 5.23. The van der Waals surface area contributed by atoms with Gasteiger partial charge in [-0.25, -0.2) is 14.3 Å². The van der Waals surface area contributed by atoms with Crippen LogP contribution in [0.15, 0.2) is 23.0 Å². The Hall–Kier alpha value is -3.40. The fraction of sp³-hybridized carbons (Fsp3) is 0.538. The fourth-order valence-corrected chi connectivity index (χ4v) is 4.57. The minimum Gasteiger partial charge on any atom is -0.465 e. The van der Waals surface area contributed by atoms with Crippen molar-refractivity contribution in [3.63, 3.8) is 0 Å². The van der Waals surface area contributed by atoms with Crippen molar-refractivity contribution in [3.05, 3.63) is 39.8 Å². The molecule has 0 bridgehead atoms. The Balaban J connectivity index is 1.74. The van der Waals surface area contributed by atoms with E-state index < -0.39 is 17.7 Å². The summed E-state index contributed by atoms with van der Waals surface area (Å²) in [4.78, 5) is 38.0. The van der Waals surface area contributed by atoms with Gasteiger partial charge in [0.1, 0.15) is 17.3 Å². The summed E-state index contributed by atoms with van der Waals surface area (Å²) in [7, 11) is 1.32. The average Bonchev–Trinajstić information content (AvgIpc) is 3.19. The summed E-state index contributed by atoms with van der Waals surface area (Å²) >= 11 is 0. The monoisotopic (exact) mass is 498 g/mol. The molecule has 1 aliphatic rings. The third-order valence-electron chi connectivity index (χ3n) is 6.23. The normalized spacial score (nSPS) is 16.3. The number of alkyl carbamates (subject to hydrolysis) is 1. The summed E-state index contributed by atoms with van der Waals surface area (Å²) in [6.07, 6.45) is 2.66. The molecule has 0 radical (unpaired) electrons. The first kappa shape index (κ1) is 25.7. The Kier molecular flexibility index (Phi) is 7.35. The van der Waals surface area contributed by atoms with Crippen LogP contribution >= 0.6 is 0 Å². The number of aryl methyl sites for hydroxylation is 2. The van der Waals surface area contributed by atoms with Crippen LogP contribution in [0.3, 0.4) is 0 Å². The first-order valence-electron chi connectivity index (χ1n) is 12.3. The number of hydrogen-bond donors (Lipinski definition) is 1. The van der Waals surface area contributed by atoms with Gasteiger partial charge in [-0.3, -0.25) is 4.79 Å². The van der Waals surface area contributed by atoms with Crippen LogP contribution < -0.4 is 10.9 Å². The SMILES string of the molecule is COC(=O)c1ccc2c3nn(C4CCCCO4)c(C)c3c(=O)n(CCCNC(=O)OC(C)(C)C)c2c1. The number of carbonyl (C=O) groups excluding carboxylic acids is 2. The zero-order valence-electron chi connectivity index (χ0n) is 21.6. The lowest BCUT2D eigenvalue weighted by Crippen LogP contribution is -2.33. The maximum Gasteiger partial charge on any atom is 0.407 e. The first-order chi connectivity index (χ1) is 17.1. The van der Waals surface area contributed by atoms with Gasteiger partial charge in [0.15, 0.2) is 0 Å². The van der Waals surface area contributed by atoms with E-state index in [0.717, 1.165) is 30.3 Å². The highest BCUT2D eigenvalue weighted by molar-refractivity contribution is 6.06. The number of pyridine rings is 1. The van der Waals surface area contributed by atoms with Crippen LogP contribution in [0.5, 0.6) is 0 Å². The standard InChI is InChI=1S/C26H34N4O6/c1-16-21-22(28-30(16)20-9-6-7-14-35-20)18-11-10-17(24(32)34-5)15-19(18)29(23(21)31)13-8-12-27-25(33)36-26(2,3)4/h10-11,15,20H,6-9,12-14H2,1-5H3,(H,27,33). The van der Waals surface area contributed by atoms with Crippen LogP contribution in [0.2, 0.25) is 0 Å². The molecule has 2 aromatic heterocycles. The molecule has 0 spiro atoms. The van der Waals surface area contributed by atoms with E-state index in [9.17, 15) is 14.4 Å². The van der Waals surface area contributed by atoms with E-state index in [0.29, 0.717) is 48.1 Å². The number of esters is 1. The number of benzene rings is 1. The quantitative estimate of drug-likeness (QED) is 0.403. The highest BCUT2D eigenvalue weighted by Gasteiger charge is 2.24. The van der Waals surface area contributed by atoms with Gasteiger partial charge in [-0.05, 0) is 71.6 Å². The molecule has 1 unspecified atom stereocenters. The molecule has 0 aliphatic carbocycles. The number of nitrogens with one attached hydrogen (secondary N) is 1. The molecule has 1 N–H and O–H groups in total. The zero-order valence-corrected chi connectivity index (χ0v) is 21.6. The van der Waals surface area contributed by atoms with E-state index in [1.54, 1.807) is 43.5 Å². The van der Waals surface area contributed by atoms with Gasteiger partial charge in [0.05, 0.1) is 29.3 Å². The molecule has 0 saturated carbocycles. The number of methoxy groups -OCH3 is 1. The van der Waals surface area contributed by atoms with Gasteiger partial charge in [0.25, 0.3) is 5.56 Å². The molecule has 3 aromatic rings. The number of nitrogens with zero attached hydrogens (tertiary/aromatic N) is 3. The van der Waals surface area contributed by atoms with Crippen molar-refractivity contribution in [1.29, 1.82) is 0 Å². The van der Waals surface area contributed by atoms with Crippen molar-refractivity contribution < 1.29 is 23.8 Å². The van der Waals surface area contributed by atoms with Crippen molar-refractivity contribution in [2.75, 3.05) is 20.3 Å². The van der Waals surface area contributed by atoms with Crippen LogP contribution in [0.25, 0.3) is 21.8 Å². The lowest BCUT2D eigenvalue weighted by molar-refractivity contribution is -0.0402. The predicted molar refractivity (Wildman–Crippen MR) is 135 cm³/mol. The highest BCUT2D eigenvalue weighted by atomic mass is 16.6. The summed E-state index contributed by atoms with van der Waals surface area (Å²) in [5, 5.41) is 8.82. The molecule has 1 amide bonds. The topological polar surface area (TPSA) is 114 Å². The fourth-order valence-electron chi connectivity index (χ4n) is 4.57. The van der Waals surface area contributed by atoms with Gasteiger partial charge in [-0.15, -0.1) is 0 Å². The summed E-state index contributed by atoms with van der Waals surface area (Å²) in [6.45, 7) is 8.60. The van der Waals surface area contributed by atoms with Crippen LogP contribution in [0, 0.1) is 6.92 Å². The number of carbonyl (C=O) groups is 2. The minimum absolute atomic E-state index is 0.198. The maximum atomic E-state index is 13.8. The second-order valence-electron chi connectivity index (χ2n) is 10.0. The molecule has 1 aliphatic heterocycles. The van der Waals surface area contributed by atoms with Gasteiger partial charge >= 0.3 is 12.1 Å². The number of aromatic nitrogens is 3. The van der Waals surface area contributed by atoms with E-state index in [1.165, 1.54) is 7.11 Å². The minimum atomic E-state index is -0.591. The van der Waals surface area contributed by atoms with Crippen molar-refractivity contribution in [1.82, 2.24) is 19.7 Å². The molecule has 36 heavy (non-hydrogen) atoms. The van der Waals surface area contributed by atoms with E-state index >= 15 is 0 Å². The second kappa shape index (κ2) is 10.3. The van der Waals surface area contributed by atoms with Gasteiger partial charge in [-0.2, -0.15) is 5.10 Å². The van der Waals surface area contributed by atoms with Gasteiger partial charge < -0.3 is 24.1 Å². The van der Waals surface area contributed by atoms with Crippen molar-refractivity contribution >= 4 is 33.9 Å². The lowest BCUT2D eigenvalue weighted by atomic mass is 10.1. The number of hydrogen-bond acceptors (Lipinski definition) is 7. The van der Waals surface area contributed by atoms with Crippen LogP contribution in [-0.2, 0) is 20.8 Å². The number of amides is 1. The molecule has 3 heterocycles. The molecule has 1 atom stereocenters. The first-order valence-corrected chi connectivity index (χ1v) is 12.3. The molecule has 10 heteroatoms. The van der Waals surface area contributed by atoms with E-state index in [2.05, 4.69) is 5.32 Å². The highest BCUT2D eigenvalue weighted by Crippen LogP contribution is 2.30. The summed E-state index contributed by atoms with van der Waals surface area (Å²) in [6, 6.07) is 5.14. The number of ether oxygens (including phenoxy) is 3. The Morgan fingerprint density at radius 1 is 1.25 bits per heavy atom. The Labute approximate surface area is 209 Å². The maximum absolute atomic E-state index is 13.8.